The van der Waals surface area contributed by atoms with Crippen molar-refractivity contribution >= 4 is 19.7 Å². The molecule has 0 aromatic heterocycles. The van der Waals surface area contributed by atoms with E-state index in [0.717, 1.165) is 38.5 Å². The number of benzene rings is 1. The quantitative estimate of drug-likeness (QED) is 0.601. The van der Waals surface area contributed by atoms with E-state index in [1.165, 1.54) is 6.07 Å². The van der Waals surface area contributed by atoms with Gasteiger partial charge in [0.2, 0.25) is 9.05 Å². The van der Waals surface area contributed by atoms with Gasteiger partial charge in [-0.1, -0.05) is 37.8 Å². The van der Waals surface area contributed by atoms with Crippen LogP contribution in [0.3, 0.4) is 0 Å². The highest BCUT2D eigenvalue weighted by atomic mass is 35.7. The van der Waals surface area contributed by atoms with Gasteiger partial charge < -0.3 is 4.74 Å². The minimum absolute atomic E-state index is 0.115. The summed E-state index contributed by atoms with van der Waals surface area (Å²) >= 11 is 0. The molecule has 0 unspecified atom stereocenters. The summed E-state index contributed by atoms with van der Waals surface area (Å²) in [6, 6.07) is 6.16. The van der Waals surface area contributed by atoms with Gasteiger partial charge in [-0.2, -0.15) is 0 Å². The standard InChI is InChI=1S/C15H20ClFO3S/c16-21(18,19)12-15(9-5-1-2-6-10-15)11-20-14-8-4-3-7-13(14)17/h3-4,7-8H,1-2,5-6,9-12H2. The van der Waals surface area contributed by atoms with Crippen LogP contribution in [0.25, 0.3) is 0 Å². The molecule has 3 nitrogen and oxygen atoms in total. The smallest absolute Gasteiger partial charge is 0.233 e. The molecule has 0 amide bonds. The van der Waals surface area contributed by atoms with Gasteiger partial charge in [-0.3, -0.25) is 0 Å². The maximum absolute atomic E-state index is 13.6. The monoisotopic (exact) mass is 334 g/mol. The summed E-state index contributed by atoms with van der Waals surface area (Å²) in [4.78, 5) is 0. The van der Waals surface area contributed by atoms with E-state index in [1.807, 2.05) is 0 Å². The van der Waals surface area contributed by atoms with Crippen LogP contribution in [-0.4, -0.2) is 20.8 Å². The second-order valence-electron chi connectivity index (χ2n) is 5.82. The van der Waals surface area contributed by atoms with Crippen LogP contribution in [0, 0.1) is 11.2 Å². The first-order chi connectivity index (χ1) is 9.90. The third-order valence-corrected chi connectivity index (χ3v) is 5.30. The maximum Gasteiger partial charge on any atom is 0.233 e. The lowest BCUT2D eigenvalue weighted by atomic mass is 9.83. The molecular formula is C15H20ClFO3S. The first-order valence-corrected chi connectivity index (χ1v) is 9.68. The van der Waals surface area contributed by atoms with E-state index in [2.05, 4.69) is 0 Å². The Morgan fingerprint density at radius 1 is 1.14 bits per heavy atom. The van der Waals surface area contributed by atoms with Crippen LogP contribution in [0.2, 0.25) is 0 Å². The Bertz CT molecular complexity index is 566. The topological polar surface area (TPSA) is 43.4 Å². The Kier molecular flexibility index (Phi) is 5.49. The van der Waals surface area contributed by atoms with E-state index < -0.39 is 20.3 Å². The summed E-state index contributed by atoms with van der Waals surface area (Å²) in [5.74, 6) is -0.390. The minimum Gasteiger partial charge on any atom is -0.490 e. The van der Waals surface area contributed by atoms with Gasteiger partial charge in [0.1, 0.15) is 0 Å². The van der Waals surface area contributed by atoms with E-state index in [4.69, 9.17) is 15.4 Å². The molecule has 0 bridgehead atoms. The van der Waals surface area contributed by atoms with Crippen molar-refractivity contribution in [1.29, 1.82) is 0 Å². The summed E-state index contributed by atoms with van der Waals surface area (Å²) in [6.45, 7) is 0.180. The number of hydrogen-bond donors (Lipinski definition) is 0. The summed E-state index contributed by atoms with van der Waals surface area (Å²) in [6.07, 6.45) is 5.56. The molecule has 0 radical (unpaired) electrons. The van der Waals surface area contributed by atoms with Crippen molar-refractivity contribution in [2.45, 2.75) is 38.5 Å². The van der Waals surface area contributed by atoms with Gasteiger partial charge in [-0.05, 0) is 25.0 Å². The first kappa shape index (κ1) is 16.6. The lowest BCUT2D eigenvalue weighted by Crippen LogP contribution is -2.34. The second kappa shape index (κ2) is 6.97. The van der Waals surface area contributed by atoms with Gasteiger partial charge in [0, 0.05) is 16.1 Å². The molecule has 1 aliphatic carbocycles. The zero-order valence-corrected chi connectivity index (χ0v) is 13.4. The largest absolute Gasteiger partial charge is 0.490 e. The van der Waals surface area contributed by atoms with Gasteiger partial charge in [-0.15, -0.1) is 0 Å². The second-order valence-corrected chi connectivity index (χ2v) is 8.59. The fourth-order valence-corrected chi connectivity index (χ4v) is 4.77. The molecular weight excluding hydrogens is 315 g/mol. The van der Waals surface area contributed by atoms with Crippen LogP contribution in [0.4, 0.5) is 4.39 Å². The Hall–Kier alpha value is -0.810. The third kappa shape index (κ3) is 5.15. The zero-order chi connectivity index (χ0) is 15.3. The van der Waals surface area contributed by atoms with E-state index in [9.17, 15) is 12.8 Å². The number of halogens is 2. The normalized spacial score (nSPS) is 19.0. The molecule has 1 aliphatic rings. The van der Waals surface area contributed by atoms with Crippen LogP contribution < -0.4 is 4.74 Å². The van der Waals surface area contributed by atoms with Gasteiger partial charge in [0.25, 0.3) is 0 Å². The molecule has 1 fully saturated rings. The minimum atomic E-state index is -3.61. The SMILES string of the molecule is O=S(=O)(Cl)CC1(COc2ccccc2F)CCCCCC1. The van der Waals surface area contributed by atoms with Crippen molar-refractivity contribution in [2.24, 2.45) is 5.41 Å². The van der Waals surface area contributed by atoms with E-state index in [-0.39, 0.29) is 18.1 Å². The molecule has 0 N–H and O–H groups in total. The number of rotatable bonds is 5. The first-order valence-electron chi connectivity index (χ1n) is 7.20. The third-order valence-electron chi connectivity index (χ3n) is 4.01. The molecule has 0 saturated heterocycles. The lowest BCUT2D eigenvalue weighted by molar-refractivity contribution is 0.142. The van der Waals surface area contributed by atoms with Crippen LogP contribution >= 0.6 is 10.7 Å². The van der Waals surface area contributed by atoms with Crippen molar-refractivity contribution in [2.75, 3.05) is 12.4 Å². The number of ether oxygens (including phenoxy) is 1. The van der Waals surface area contributed by atoms with Gasteiger partial charge in [0.05, 0.1) is 12.4 Å². The summed E-state index contributed by atoms with van der Waals surface area (Å²) in [7, 11) is 1.85. The van der Waals surface area contributed by atoms with Crippen LogP contribution in [0.5, 0.6) is 5.75 Å². The van der Waals surface area contributed by atoms with Crippen LogP contribution in [0.15, 0.2) is 24.3 Å². The van der Waals surface area contributed by atoms with Crippen molar-refractivity contribution in [3.63, 3.8) is 0 Å². The van der Waals surface area contributed by atoms with Crippen molar-refractivity contribution < 1.29 is 17.5 Å². The highest BCUT2D eigenvalue weighted by molar-refractivity contribution is 8.13. The molecule has 0 aliphatic heterocycles. The van der Waals surface area contributed by atoms with E-state index >= 15 is 0 Å². The molecule has 118 valence electrons. The van der Waals surface area contributed by atoms with E-state index in [0.29, 0.717) is 0 Å². The fourth-order valence-electron chi connectivity index (χ4n) is 2.97. The summed E-state index contributed by atoms with van der Waals surface area (Å²) in [5, 5.41) is 0. The number of para-hydroxylation sites is 1. The molecule has 6 heteroatoms. The van der Waals surface area contributed by atoms with Crippen molar-refractivity contribution in [1.82, 2.24) is 0 Å². The Labute approximate surface area is 129 Å². The summed E-state index contributed by atoms with van der Waals surface area (Å²) in [5.41, 5.74) is -0.515. The average molecular weight is 335 g/mol. The Morgan fingerprint density at radius 2 is 1.76 bits per heavy atom. The lowest BCUT2D eigenvalue weighted by Gasteiger charge is -2.31. The molecule has 0 atom stereocenters. The zero-order valence-electron chi connectivity index (χ0n) is 11.9. The maximum atomic E-state index is 13.6. The van der Waals surface area contributed by atoms with Gasteiger partial charge in [-0.25, -0.2) is 12.8 Å². The van der Waals surface area contributed by atoms with Gasteiger partial charge >= 0.3 is 0 Å². The van der Waals surface area contributed by atoms with Gasteiger partial charge in [0.15, 0.2) is 11.6 Å². The summed E-state index contributed by atoms with van der Waals surface area (Å²) < 4.78 is 42.3. The highest BCUT2D eigenvalue weighted by Gasteiger charge is 2.36. The van der Waals surface area contributed by atoms with Crippen molar-refractivity contribution in [3.05, 3.63) is 30.1 Å². The molecule has 21 heavy (non-hydrogen) atoms. The average Bonchev–Trinajstić information content (AvgIpc) is 2.62. The number of hydrogen-bond acceptors (Lipinski definition) is 3. The molecule has 1 aromatic carbocycles. The van der Waals surface area contributed by atoms with E-state index in [1.54, 1.807) is 18.2 Å². The highest BCUT2D eigenvalue weighted by Crippen LogP contribution is 2.38. The van der Waals surface area contributed by atoms with Crippen molar-refractivity contribution in [3.8, 4) is 5.75 Å². The Balaban J connectivity index is 2.14. The van der Waals surface area contributed by atoms with Crippen LogP contribution in [-0.2, 0) is 9.05 Å². The van der Waals surface area contributed by atoms with Crippen LogP contribution in [0.1, 0.15) is 38.5 Å². The fraction of sp³-hybridized carbons (Fsp3) is 0.600. The predicted octanol–water partition coefficient (Wildman–Crippen LogP) is 4.11. The molecule has 0 heterocycles. The molecule has 0 spiro atoms. The molecule has 1 saturated carbocycles. The Morgan fingerprint density at radius 3 is 2.33 bits per heavy atom. The molecule has 2 rings (SSSR count). The predicted molar refractivity (Wildman–Crippen MR) is 81.7 cm³/mol. The molecule has 1 aromatic rings.